The van der Waals surface area contributed by atoms with Crippen molar-refractivity contribution in [2.24, 2.45) is 7.05 Å². The number of non-ortho nitro benzene ring substituents is 1. The largest absolute Gasteiger partial charge is 0.495 e. The summed E-state index contributed by atoms with van der Waals surface area (Å²) in [6.45, 7) is 2.32. The number of nitro groups is 1. The number of aromatic nitrogens is 2. The molecule has 0 bridgehead atoms. The smallest absolute Gasteiger partial charge is 0.269 e. The highest BCUT2D eigenvalue weighted by Gasteiger charge is 2.21. The van der Waals surface area contributed by atoms with Crippen molar-refractivity contribution < 1.29 is 14.5 Å². The molecule has 0 atom stereocenters. The molecule has 0 saturated heterocycles. The van der Waals surface area contributed by atoms with Crippen LogP contribution in [0.4, 0.5) is 5.69 Å². The highest BCUT2D eigenvalue weighted by molar-refractivity contribution is 6.03. The van der Waals surface area contributed by atoms with E-state index in [2.05, 4.69) is 10.3 Å². The highest BCUT2D eigenvalue weighted by atomic mass is 16.6. The molecule has 1 amide bonds. The van der Waals surface area contributed by atoms with Gasteiger partial charge in [0.2, 0.25) is 0 Å². The quantitative estimate of drug-likeness (QED) is 0.347. The summed E-state index contributed by atoms with van der Waals surface area (Å²) < 4.78 is 6.82. The number of amides is 1. The van der Waals surface area contributed by atoms with E-state index in [0.29, 0.717) is 23.4 Å². The minimum atomic E-state index is -0.493. The van der Waals surface area contributed by atoms with E-state index in [0.717, 1.165) is 11.1 Å². The second-order valence-corrected chi connectivity index (χ2v) is 7.81. The minimum Gasteiger partial charge on any atom is -0.495 e. The van der Waals surface area contributed by atoms with Gasteiger partial charge in [-0.05, 0) is 36.8 Å². The normalized spacial score (nSPS) is 10.8. The summed E-state index contributed by atoms with van der Waals surface area (Å²) in [7, 11) is 2.95. The summed E-state index contributed by atoms with van der Waals surface area (Å²) in [6, 6.07) is 16.8. The fraction of sp³-hybridized carbons (Fsp3) is 0.160. The number of rotatable bonds is 6. The summed E-state index contributed by atoms with van der Waals surface area (Å²) >= 11 is 0. The molecule has 0 spiro atoms. The number of benzene rings is 3. The first-order chi connectivity index (χ1) is 16.3. The molecule has 1 N–H and O–H groups in total. The Morgan fingerprint density at radius 1 is 1.09 bits per heavy atom. The first-order valence-corrected chi connectivity index (χ1v) is 10.5. The van der Waals surface area contributed by atoms with E-state index in [1.54, 1.807) is 19.2 Å². The van der Waals surface area contributed by atoms with E-state index in [4.69, 9.17) is 4.74 Å². The molecular weight excluding hydrogens is 436 g/mol. The van der Waals surface area contributed by atoms with Crippen molar-refractivity contribution in [3.63, 3.8) is 0 Å². The van der Waals surface area contributed by atoms with E-state index in [1.165, 1.54) is 35.9 Å². The molecule has 0 saturated carbocycles. The number of ether oxygens (including phenoxy) is 1. The predicted octanol–water partition coefficient (Wildman–Crippen LogP) is 3.76. The molecule has 9 nitrogen and oxygen atoms in total. The van der Waals surface area contributed by atoms with E-state index >= 15 is 0 Å². The Bertz CT molecular complexity index is 1460. The molecule has 3 aromatic carbocycles. The number of fused-ring (bicyclic) bond motifs is 1. The van der Waals surface area contributed by atoms with Crippen molar-refractivity contribution in [3.8, 4) is 17.1 Å². The Hall–Kier alpha value is -4.53. The molecule has 0 aliphatic heterocycles. The van der Waals surface area contributed by atoms with Crippen molar-refractivity contribution in [2.45, 2.75) is 13.5 Å². The van der Waals surface area contributed by atoms with E-state index in [1.807, 2.05) is 31.2 Å². The molecule has 4 aromatic rings. The van der Waals surface area contributed by atoms with E-state index in [-0.39, 0.29) is 28.3 Å². The van der Waals surface area contributed by atoms with Gasteiger partial charge in [-0.15, -0.1) is 0 Å². The molecule has 0 fully saturated rings. The molecule has 1 heterocycles. The van der Waals surface area contributed by atoms with Gasteiger partial charge in [0.05, 0.1) is 23.1 Å². The van der Waals surface area contributed by atoms with Crippen LogP contribution in [0.2, 0.25) is 0 Å². The average Bonchev–Trinajstić information content (AvgIpc) is 2.85. The molecule has 4 rings (SSSR count). The van der Waals surface area contributed by atoms with Crippen LogP contribution in [0.25, 0.3) is 22.3 Å². The number of nitrogens with one attached hydrogen (secondary N) is 1. The molecule has 34 heavy (non-hydrogen) atoms. The molecule has 0 aliphatic carbocycles. The molecule has 0 unspecified atom stereocenters. The number of carbonyl (C=O) groups is 1. The highest BCUT2D eigenvalue weighted by Crippen LogP contribution is 2.29. The zero-order valence-electron chi connectivity index (χ0n) is 18.9. The van der Waals surface area contributed by atoms with Crippen LogP contribution in [-0.2, 0) is 13.6 Å². The van der Waals surface area contributed by atoms with E-state index in [9.17, 15) is 19.7 Å². The zero-order chi connectivity index (χ0) is 24.4. The minimum absolute atomic E-state index is 0.0579. The number of methoxy groups -OCH3 is 1. The second kappa shape index (κ2) is 9.14. The number of nitro benzene ring substituents is 1. The molecule has 9 heteroatoms. The standard InChI is InChI=1S/C25H22N4O5/c1-15-4-6-16(7-5-15)14-26-24(30)19-12-13-20-21(22(19)34-3)25(31)28(2)23(27-20)17-8-10-18(11-9-17)29(32)33/h4-13H,14H2,1-3H3,(H,26,30). The van der Waals surface area contributed by atoms with Gasteiger partial charge in [-0.3, -0.25) is 24.3 Å². The van der Waals surface area contributed by atoms with E-state index < -0.39 is 10.5 Å². The topological polar surface area (TPSA) is 116 Å². The first kappa shape index (κ1) is 22.7. The zero-order valence-corrected chi connectivity index (χ0v) is 18.9. The SMILES string of the molecule is COc1c(C(=O)NCc2ccc(C)cc2)ccc2nc(-c3ccc([N+](=O)[O-])cc3)n(C)c(=O)c12. The predicted molar refractivity (Wildman–Crippen MR) is 128 cm³/mol. The van der Waals surface area contributed by atoms with Gasteiger partial charge in [-0.25, -0.2) is 4.98 Å². The summed E-state index contributed by atoms with van der Waals surface area (Å²) in [5.74, 6) is 0.106. The van der Waals surface area contributed by atoms with Crippen molar-refractivity contribution in [1.29, 1.82) is 0 Å². The van der Waals surface area contributed by atoms with Gasteiger partial charge in [0.15, 0.2) is 0 Å². The average molecular weight is 458 g/mol. The number of hydrogen-bond donors (Lipinski definition) is 1. The molecule has 0 aliphatic rings. The van der Waals surface area contributed by atoms with Gasteiger partial charge in [0.1, 0.15) is 17.0 Å². The van der Waals surface area contributed by atoms with Crippen LogP contribution in [0, 0.1) is 17.0 Å². The molecule has 1 aromatic heterocycles. The van der Waals surface area contributed by atoms with Crippen LogP contribution < -0.4 is 15.6 Å². The maximum Gasteiger partial charge on any atom is 0.269 e. The monoisotopic (exact) mass is 458 g/mol. The summed E-state index contributed by atoms with van der Waals surface area (Å²) in [4.78, 5) is 41.2. The van der Waals surface area contributed by atoms with Gasteiger partial charge in [-0.2, -0.15) is 0 Å². The Kier molecular flexibility index (Phi) is 6.09. The summed E-state index contributed by atoms with van der Waals surface area (Å²) in [5.41, 5.74) is 2.74. The third kappa shape index (κ3) is 4.23. The Labute approximate surface area is 194 Å². The lowest BCUT2D eigenvalue weighted by Crippen LogP contribution is -2.25. The molecule has 172 valence electrons. The van der Waals surface area contributed by atoms with Crippen LogP contribution in [0.5, 0.6) is 5.75 Å². The van der Waals surface area contributed by atoms with Crippen LogP contribution in [-0.4, -0.2) is 27.5 Å². The summed E-state index contributed by atoms with van der Waals surface area (Å²) in [5, 5.41) is 14.0. The van der Waals surface area contributed by atoms with Crippen LogP contribution in [0.1, 0.15) is 21.5 Å². The maximum atomic E-state index is 13.3. The Balaban J connectivity index is 1.72. The van der Waals surface area contributed by atoms with Crippen LogP contribution >= 0.6 is 0 Å². The number of aryl methyl sites for hydroxylation is 1. The number of carbonyl (C=O) groups excluding carboxylic acids is 1. The Morgan fingerprint density at radius 3 is 2.38 bits per heavy atom. The lowest BCUT2D eigenvalue weighted by Gasteiger charge is -2.14. The first-order valence-electron chi connectivity index (χ1n) is 10.5. The summed E-state index contributed by atoms with van der Waals surface area (Å²) in [6.07, 6.45) is 0. The fourth-order valence-electron chi connectivity index (χ4n) is 3.69. The van der Waals surface area contributed by atoms with Crippen molar-refractivity contribution in [1.82, 2.24) is 14.9 Å². The van der Waals surface area contributed by atoms with Crippen LogP contribution in [0.3, 0.4) is 0 Å². The van der Waals surface area contributed by atoms with Crippen molar-refractivity contribution in [2.75, 3.05) is 7.11 Å². The Morgan fingerprint density at radius 2 is 1.76 bits per heavy atom. The maximum absolute atomic E-state index is 13.3. The number of hydrogen-bond acceptors (Lipinski definition) is 6. The van der Waals surface area contributed by atoms with Gasteiger partial charge in [-0.1, -0.05) is 29.8 Å². The number of nitrogens with zero attached hydrogens (tertiary/aromatic N) is 3. The lowest BCUT2D eigenvalue weighted by atomic mass is 10.1. The fourth-order valence-corrected chi connectivity index (χ4v) is 3.69. The van der Waals surface area contributed by atoms with Gasteiger partial charge >= 0.3 is 0 Å². The van der Waals surface area contributed by atoms with Crippen molar-refractivity contribution >= 4 is 22.5 Å². The van der Waals surface area contributed by atoms with Gasteiger partial charge < -0.3 is 10.1 Å². The third-order valence-corrected chi connectivity index (χ3v) is 5.56. The third-order valence-electron chi connectivity index (χ3n) is 5.56. The lowest BCUT2D eigenvalue weighted by molar-refractivity contribution is -0.384. The van der Waals surface area contributed by atoms with Crippen molar-refractivity contribution in [3.05, 3.63) is 97.8 Å². The van der Waals surface area contributed by atoms with Gasteiger partial charge in [0, 0.05) is 31.3 Å². The second-order valence-electron chi connectivity index (χ2n) is 7.81. The van der Waals surface area contributed by atoms with Crippen LogP contribution in [0.15, 0.2) is 65.5 Å². The molecular formula is C25H22N4O5. The molecule has 0 radical (unpaired) electrons. The van der Waals surface area contributed by atoms with Gasteiger partial charge in [0.25, 0.3) is 17.2 Å².